The van der Waals surface area contributed by atoms with Crippen molar-refractivity contribution < 1.29 is 4.39 Å². The molecule has 2 rings (SSSR count). The molecule has 1 aliphatic rings. The van der Waals surface area contributed by atoms with Crippen LogP contribution >= 0.6 is 15.9 Å². The maximum absolute atomic E-state index is 13.2. The molecule has 0 bridgehead atoms. The smallest absolute Gasteiger partial charge is 0.137 e. The number of hydrogen-bond donors (Lipinski definition) is 1. The van der Waals surface area contributed by atoms with E-state index < -0.39 is 0 Å². The molecule has 1 fully saturated rings. The summed E-state index contributed by atoms with van der Waals surface area (Å²) in [5, 5.41) is 3.54. The molecule has 2 nitrogen and oxygen atoms in total. The Bertz CT molecular complexity index is 409. The van der Waals surface area contributed by atoms with Gasteiger partial charge in [-0.15, -0.1) is 0 Å². The zero-order valence-electron chi connectivity index (χ0n) is 10.9. The highest BCUT2D eigenvalue weighted by atomic mass is 79.9. The summed E-state index contributed by atoms with van der Waals surface area (Å²) in [6.07, 6.45) is 0. The van der Waals surface area contributed by atoms with Gasteiger partial charge >= 0.3 is 0 Å². The largest absolute Gasteiger partial charge is 0.311 e. The lowest BCUT2D eigenvalue weighted by molar-refractivity contribution is 0.168. The van der Waals surface area contributed by atoms with Gasteiger partial charge in [-0.3, -0.25) is 4.90 Å². The molecule has 1 saturated heterocycles. The highest BCUT2D eigenvalue weighted by Gasteiger charge is 2.21. The Morgan fingerprint density at radius 2 is 2.28 bits per heavy atom. The lowest BCUT2D eigenvalue weighted by atomic mass is 10.0. The molecule has 1 atom stereocenters. The molecule has 1 aromatic rings. The van der Waals surface area contributed by atoms with Crippen LogP contribution < -0.4 is 5.32 Å². The van der Waals surface area contributed by atoms with Crippen molar-refractivity contribution in [3.05, 3.63) is 34.1 Å². The SMILES string of the molecule is CC(C)C1CN(Cc2ccc(F)c(Br)c2)CCN1. The molecule has 1 heterocycles. The van der Waals surface area contributed by atoms with Gasteiger partial charge in [0, 0.05) is 32.2 Å². The fourth-order valence-corrected chi connectivity index (χ4v) is 2.75. The summed E-state index contributed by atoms with van der Waals surface area (Å²) in [6.45, 7) is 8.53. The van der Waals surface area contributed by atoms with Gasteiger partial charge in [0.25, 0.3) is 0 Å². The van der Waals surface area contributed by atoms with Crippen molar-refractivity contribution in [1.82, 2.24) is 10.2 Å². The van der Waals surface area contributed by atoms with Gasteiger partial charge in [0.1, 0.15) is 5.82 Å². The zero-order chi connectivity index (χ0) is 13.1. The first-order valence-electron chi connectivity index (χ1n) is 6.46. The van der Waals surface area contributed by atoms with E-state index in [1.165, 1.54) is 6.07 Å². The molecule has 18 heavy (non-hydrogen) atoms. The van der Waals surface area contributed by atoms with Crippen LogP contribution in [0.3, 0.4) is 0 Å². The predicted octanol–water partition coefficient (Wildman–Crippen LogP) is 3.02. The summed E-state index contributed by atoms with van der Waals surface area (Å²) in [5.74, 6) is 0.451. The Balaban J connectivity index is 1.98. The molecule has 0 amide bonds. The van der Waals surface area contributed by atoms with Gasteiger partial charge in [0.05, 0.1) is 4.47 Å². The number of halogens is 2. The molecule has 0 aliphatic carbocycles. The number of nitrogens with one attached hydrogen (secondary N) is 1. The molecule has 4 heteroatoms. The van der Waals surface area contributed by atoms with E-state index in [-0.39, 0.29) is 5.82 Å². The van der Waals surface area contributed by atoms with E-state index in [0.29, 0.717) is 16.4 Å². The second-order valence-electron chi connectivity index (χ2n) is 5.29. The average molecular weight is 315 g/mol. The highest BCUT2D eigenvalue weighted by molar-refractivity contribution is 9.10. The third-order valence-electron chi connectivity index (χ3n) is 3.48. The second kappa shape index (κ2) is 6.13. The average Bonchev–Trinajstić information content (AvgIpc) is 2.34. The Morgan fingerprint density at radius 3 is 2.94 bits per heavy atom. The van der Waals surface area contributed by atoms with Crippen molar-refractivity contribution in [3.63, 3.8) is 0 Å². The van der Waals surface area contributed by atoms with Gasteiger partial charge in [-0.25, -0.2) is 4.39 Å². The molecule has 1 N–H and O–H groups in total. The molecule has 1 aromatic carbocycles. The highest BCUT2D eigenvalue weighted by Crippen LogP contribution is 2.19. The van der Waals surface area contributed by atoms with Crippen molar-refractivity contribution in [2.24, 2.45) is 5.92 Å². The fourth-order valence-electron chi connectivity index (χ4n) is 2.33. The van der Waals surface area contributed by atoms with Crippen LogP contribution in [0.2, 0.25) is 0 Å². The lowest BCUT2D eigenvalue weighted by Crippen LogP contribution is -2.52. The van der Waals surface area contributed by atoms with Crippen LogP contribution in [-0.2, 0) is 6.54 Å². The van der Waals surface area contributed by atoms with E-state index in [0.717, 1.165) is 31.7 Å². The standard InChI is InChI=1S/C14H20BrFN2/c1-10(2)14-9-18(6-5-17-14)8-11-3-4-13(16)12(15)7-11/h3-4,7,10,14,17H,5-6,8-9H2,1-2H3. The summed E-state index contributed by atoms with van der Waals surface area (Å²) in [7, 11) is 0. The summed E-state index contributed by atoms with van der Waals surface area (Å²) in [6, 6.07) is 5.83. The molecule has 1 unspecified atom stereocenters. The molecule has 1 aliphatic heterocycles. The molecular formula is C14H20BrFN2. The minimum atomic E-state index is -0.195. The van der Waals surface area contributed by atoms with E-state index in [1.807, 2.05) is 12.1 Å². The van der Waals surface area contributed by atoms with Crippen molar-refractivity contribution >= 4 is 15.9 Å². The van der Waals surface area contributed by atoms with E-state index in [1.54, 1.807) is 0 Å². The number of rotatable bonds is 3. The van der Waals surface area contributed by atoms with Crippen LogP contribution in [0.5, 0.6) is 0 Å². The number of piperazine rings is 1. The molecule has 0 spiro atoms. The fraction of sp³-hybridized carbons (Fsp3) is 0.571. The quantitative estimate of drug-likeness (QED) is 0.922. The Labute approximate surface area is 117 Å². The molecule has 100 valence electrons. The van der Waals surface area contributed by atoms with Crippen molar-refractivity contribution in [1.29, 1.82) is 0 Å². The van der Waals surface area contributed by atoms with Gasteiger partial charge < -0.3 is 5.32 Å². The lowest BCUT2D eigenvalue weighted by Gasteiger charge is -2.35. The summed E-state index contributed by atoms with van der Waals surface area (Å²) >= 11 is 3.24. The van der Waals surface area contributed by atoms with Crippen LogP contribution in [-0.4, -0.2) is 30.6 Å². The summed E-state index contributed by atoms with van der Waals surface area (Å²) in [5.41, 5.74) is 1.16. The molecular weight excluding hydrogens is 295 g/mol. The van der Waals surface area contributed by atoms with Crippen molar-refractivity contribution in [2.45, 2.75) is 26.4 Å². The zero-order valence-corrected chi connectivity index (χ0v) is 12.5. The van der Waals surface area contributed by atoms with Crippen LogP contribution in [0.15, 0.2) is 22.7 Å². The topological polar surface area (TPSA) is 15.3 Å². The van der Waals surface area contributed by atoms with E-state index in [2.05, 4.69) is 40.0 Å². The minimum Gasteiger partial charge on any atom is -0.311 e. The molecule has 0 saturated carbocycles. The van der Waals surface area contributed by atoms with Gasteiger partial charge in [0.15, 0.2) is 0 Å². The number of benzene rings is 1. The third-order valence-corrected chi connectivity index (χ3v) is 4.09. The van der Waals surface area contributed by atoms with E-state index >= 15 is 0 Å². The van der Waals surface area contributed by atoms with Gasteiger partial charge in [-0.2, -0.15) is 0 Å². The van der Waals surface area contributed by atoms with Crippen molar-refractivity contribution in [2.75, 3.05) is 19.6 Å². The number of nitrogens with zero attached hydrogens (tertiary/aromatic N) is 1. The van der Waals surface area contributed by atoms with Gasteiger partial charge in [-0.05, 0) is 39.5 Å². The first-order chi connectivity index (χ1) is 8.56. The normalized spacial score (nSPS) is 21.5. The summed E-state index contributed by atoms with van der Waals surface area (Å²) < 4.78 is 13.7. The van der Waals surface area contributed by atoms with Crippen LogP contribution in [0.1, 0.15) is 19.4 Å². The van der Waals surface area contributed by atoms with Gasteiger partial charge in [-0.1, -0.05) is 19.9 Å². The number of hydrogen-bond acceptors (Lipinski definition) is 2. The van der Waals surface area contributed by atoms with E-state index in [4.69, 9.17) is 0 Å². The van der Waals surface area contributed by atoms with Crippen LogP contribution in [0, 0.1) is 11.7 Å². The third kappa shape index (κ3) is 3.53. The molecule has 0 aromatic heterocycles. The minimum absolute atomic E-state index is 0.195. The van der Waals surface area contributed by atoms with Gasteiger partial charge in [0.2, 0.25) is 0 Å². The first-order valence-corrected chi connectivity index (χ1v) is 7.25. The van der Waals surface area contributed by atoms with Crippen LogP contribution in [0.25, 0.3) is 0 Å². The predicted molar refractivity (Wildman–Crippen MR) is 76.0 cm³/mol. The maximum Gasteiger partial charge on any atom is 0.137 e. The van der Waals surface area contributed by atoms with Crippen LogP contribution in [0.4, 0.5) is 4.39 Å². The monoisotopic (exact) mass is 314 g/mol. The Kier molecular flexibility index (Phi) is 4.76. The van der Waals surface area contributed by atoms with Crippen molar-refractivity contribution in [3.8, 4) is 0 Å². The second-order valence-corrected chi connectivity index (χ2v) is 6.14. The first kappa shape index (κ1) is 14.0. The summed E-state index contributed by atoms with van der Waals surface area (Å²) in [4.78, 5) is 2.43. The Morgan fingerprint density at radius 1 is 1.50 bits per heavy atom. The molecule has 0 radical (unpaired) electrons. The Hall–Kier alpha value is -0.450. The van der Waals surface area contributed by atoms with E-state index in [9.17, 15) is 4.39 Å². The maximum atomic E-state index is 13.2.